The molecule has 3 N–H and O–H groups in total. The lowest BCUT2D eigenvalue weighted by Crippen LogP contribution is -2.48. The Morgan fingerprint density at radius 1 is 1.33 bits per heavy atom. The predicted octanol–water partition coefficient (Wildman–Crippen LogP) is 2.01. The minimum Gasteiger partial charge on any atom is -0.483 e. The van der Waals surface area contributed by atoms with Gasteiger partial charge in [-0.2, -0.15) is 0 Å². The van der Waals surface area contributed by atoms with Crippen molar-refractivity contribution in [1.29, 1.82) is 0 Å². The summed E-state index contributed by atoms with van der Waals surface area (Å²) in [5.74, 6) is 0.795. The van der Waals surface area contributed by atoms with Crippen LogP contribution in [-0.4, -0.2) is 24.2 Å². The molecule has 1 aromatic rings. The maximum absolute atomic E-state index is 11.7. The average Bonchev–Trinajstić information content (AvgIpc) is 2.43. The van der Waals surface area contributed by atoms with Crippen LogP contribution in [-0.2, 0) is 4.79 Å². The Morgan fingerprint density at radius 3 is 2.67 bits per heavy atom. The second kappa shape index (κ2) is 8.46. The molecule has 0 saturated heterocycles. The van der Waals surface area contributed by atoms with Crippen molar-refractivity contribution in [3.8, 4) is 5.75 Å². The van der Waals surface area contributed by atoms with Gasteiger partial charge in [-0.3, -0.25) is 15.6 Å². The van der Waals surface area contributed by atoms with Gasteiger partial charge in [-0.25, -0.2) is 0 Å². The SMILES string of the molecule is CCNC(=S)NNC(=O)COc1cc(C)ccc1C(C)C. The van der Waals surface area contributed by atoms with Crippen LogP contribution in [0.25, 0.3) is 0 Å². The van der Waals surface area contributed by atoms with E-state index < -0.39 is 0 Å². The zero-order valence-corrected chi connectivity index (χ0v) is 13.8. The Labute approximate surface area is 131 Å². The summed E-state index contributed by atoms with van der Waals surface area (Å²) in [7, 11) is 0. The summed E-state index contributed by atoms with van der Waals surface area (Å²) < 4.78 is 5.62. The highest BCUT2D eigenvalue weighted by Crippen LogP contribution is 2.27. The van der Waals surface area contributed by atoms with E-state index in [1.54, 1.807) is 0 Å². The number of hydrazine groups is 1. The monoisotopic (exact) mass is 309 g/mol. The quantitative estimate of drug-likeness (QED) is 0.574. The Hall–Kier alpha value is -1.82. The third-order valence-electron chi connectivity index (χ3n) is 2.80. The molecule has 0 saturated carbocycles. The second-order valence-electron chi connectivity index (χ2n) is 5.02. The van der Waals surface area contributed by atoms with Crippen LogP contribution < -0.4 is 20.9 Å². The maximum atomic E-state index is 11.7. The maximum Gasteiger partial charge on any atom is 0.276 e. The van der Waals surface area contributed by atoms with Gasteiger partial charge in [0.1, 0.15) is 5.75 Å². The molecule has 1 amide bonds. The Balaban J connectivity index is 2.53. The number of carbonyl (C=O) groups is 1. The van der Waals surface area contributed by atoms with Gasteiger partial charge < -0.3 is 10.1 Å². The van der Waals surface area contributed by atoms with Gasteiger partial charge in [0.15, 0.2) is 11.7 Å². The molecule has 0 aliphatic heterocycles. The number of hydrogen-bond acceptors (Lipinski definition) is 3. The number of benzene rings is 1. The standard InChI is InChI=1S/C15H23N3O2S/c1-5-16-15(21)18-17-14(19)9-20-13-8-11(4)6-7-12(13)10(2)3/h6-8,10H,5,9H2,1-4H3,(H,17,19)(H2,16,18,21). The van der Waals surface area contributed by atoms with Crippen molar-refractivity contribution in [2.45, 2.75) is 33.6 Å². The first-order valence-corrected chi connectivity index (χ1v) is 7.40. The molecule has 0 aliphatic rings. The summed E-state index contributed by atoms with van der Waals surface area (Å²) in [6, 6.07) is 6.02. The fourth-order valence-corrected chi connectivity index (χ4v) is 1.95. The van der Waals surface area contributed by atoms with Crippen molar-refractivity contribution in [1.82, 2.24) is 16.2 Å². The fraction of sp³-hybridized carbons (Fsp3) is 0.467. The zero-order valence-electron chi connectivity index (χ0n) is 12.9. The highest BCUT2D eigenvalue weighted by Gasteiger charge is 2.10. The van der Waals surface area contributed by atoms with Gasteiger partial charge >= 0.3 is 0 Å². The summed E-state index contributed by atoms with van der Waals surface area (Å²) in [6.45, 7) is 8.73. The first kappa shape index (κ1) is 17.2. The van der Waals surface area contributed by atoms with Crippen LogP contribution in [0.1, 0.15) is 37.8 Å². The first-order chi connectivity index (χ1) is 9.93. The largest absolute Gasteiger partial charge is 0.483 e. The third-order valence-corrected chi connectivity index (χ3v) is 3.05. The van der Waals surface area contributed by atoms with Crippen LogP contribution in [0, 0.1) is 6.92 Å². The zero-order chi connectivity index (χ0) is 15.8. The molecule has 6 heteroatoms. The lowest BCUT2D eigenvalue weighted by molar-refractivity contribution is -0.123. The van der Waals surface area contributed by atoms with Gasteiger partial charge in [0.2, 0.25) is 0 Å². The molecule has 21 heavy (non-hydrogen) atoms. The summed E-state index contributed by atoms with van der Waals surface area (Å²) in [6.07, 6.45) is 0. The van der Waals surface area contributed by atoms with E-state index in [2.05, 4.69) is 30.0 Å². The van der Waals surface area contributed by atoms with Crippen molar-refractivity contribution in [3.63, 3.8) is 0 Å². The van der Waals surface area contributed by atoms with Crippen molar-refractivity contribution in [2.75, 3.05) is 13.2 Å². The van der Waals surface area contributed by atoms with Crippen LogP contribution in [0.3, 0.4) is 0 Å². The lowest BCUT2D eigenvalue weighted by atomic mass is 10.0. The topological polar surface area (TPSA) is 62.4 Å². The number of hydrogen-bond donors (Lipinski definition) is 3. The molecule has 0 fully saturated rings. The molecule has 0 spiro atoms. The van der Waals surface area contributed by atoms with E-state index in [1.165, 1.54) is 0 Å². The smallest absolute Gasteiger partial charge is 0.276 e. The Morgan fingerprint density at radius 2 is 2.05 bits per heavy atom. The minimum absolute atomic E-state index is 0.0646. The number of amides is 1. The molecular formula is C15H23N3O2S. The molecule has 0 heterocycles. The van der Waals surface area contributed by atoms with Crippen LogP contribution in [0.5, 0.6) is 5.75 Å². The van der Waals surface area contributed by atoms with E-state index in [0.29, 0.717) is 17.6 Å². The highest BCUT2D eigenvalue weighted by atomic mass is 32.1. The number of nitrogens with one attached hydrogen (secondary N) is 3. The summed E-state index contributed by atoms with van der Waals surface area (Å²) in [4.78, 5) is 11.7. The minimum atomic E-state index is -0.286. The fourth-order valence-electron chi connectivity index (χ4n) is 1.75. The molecule has 0 unspecified atom stereocenters. The van der Waals surface area contributed by atoms with Gasteiger partial charge in [-0.05, 0) is 49.2 Å². The lowest BCUT2D eigenvalue weighted by Gasteiger charge is -2.15. The molecule has 1 rings (SSSR count). The van der Waals surface area contributed by atoms with Gasteiger partial charge in [0, 0.05) is 6.54 Å². The molecule has 116 valence electrons. The van der Waals surface area contributed by atoms with Gasteiger partial charge in [-0.15, -0.1) is 0 Å². The Kier molecular flexibility index (Phi) is 6.94. The Bertz CT molecular complexity index is 504. The van der Waals surface area contributed by atoms with Crippen molar-refractivity contribution in [2.24, 2.45) is 0 Å². The van der Waals surface area contributed by atoms with E-state index in [-0.39, 0.29) is 12.5 Å². The van der Waals surface area contributed by atoms with Crippen LogP contribution >= 0.6 is 12.2 Å². The number of ether oxygens (including phenoxy) is 1. The van der Waals surface area contributed by atoms with E-state index in [0.717, 1.165) is 16.9 Å². The van der Waals surface area contributed by atoms with Crippen LogP contribution in [0.2, 0.25) is 0 Å². The van der Waals surface area contributed by atoms with E-state index in [9.17, 15) is 4.79 Å². The normalized spacial score (nSPS) is 10.1. The van der Waals surface area contributed by atoms with Gasteiger partial charge in [-0.1, -0.05) is 26.0 Å². The average molecular weight is 309 g/mol. The molecule has 1 aromatic carbocycles. The van der Waals surface area contributed by atoms with Crippen LogP contribution in [0.15, 0.2) is 18.2 Å². The molecule has 0 bridgehead atoms. The number of carbonyl (C=O) groups excluding carboxylic acids is 1. The summed E-state index contributed by atoms with van der Waals surface area (Å²) in [5.41, 5.74) is 7.28. The summed E-state index contributed by atoms with van der Waals surface area (Å²) in [5, 5.41) is 3.25. The molecule has 0 radical (unpaired) electrons. The molecule has 0 aromatic heterocycles. The predicted molar refractivity (Wildman–Crippen MR) is 88.3 cm³/mol. The molecule has 5 nitrogen and oxygen atoms in total. The number of aryl methyl sites for hydroxylation is 1. The van der Waals surface area contributed by atoms with E-state index >= 15 is 0 Å². The third kappa shape index (κ3) is 5.99. The molecule has 0 aliphatic carbocycles. The summed E-state index contributed by atoms with van der Waals surface area (Å²) >= 11 is 4.94. The van der Waals surface area contributed by atoms with Gasteiger partial charge in [0.25, 0.3) is 5.91 Å². The highest BCUT2D eigenvalue weighted by molar-refractivity contribution is 7.80. The van der Waals surface area contributed by atoms with E-state index in [1.807, 2.05) is 32.0 Å². The van der Waals surface area contributed by atoms with E-state index in [4.69, 9.17) is 17.0 Å². The number of thiocarbonyl (C=S) groups is 1. The second-order valence-corrected chi connectivity index (χ2v) is 5.43. The van der Waals surface area contributed by atoms with Crippen LogP contribution in [0.4, 0.5) is 0 Å². The number of rotatable bonds is 5. The molecule has 0 atom stereocenters. The van der Waals surface area contributed by atoms with Crippen molar-refractivity contribution in [3.05, 3.63) is 29.3 Å². The first-order valence-electron chi connectivity index (χ1n) is 7.00. The van der Waals surface area contributed by atoms with Crippen molar-refractivity contribution >= 4 is 23.2 Å². The van der Waals surface area contributed by atoms with Crippen molar-refractivity contribution < 1.29 is 9.53 Å². The van der Waals surface area contributed by atoms with Gasteiger partial charge in [0.05, 0.1) is 0 Å². The molecular weight excluding hydrogens is 286 g/mol.